The van der Waals surface area contributed by atoms with E-state index in [4.69, 9.17) is 9.47 Å². The number of fused-ring (bicyclic) bond motifs is 1. The molecule has 0 saturated heterocycles. The molecule has 1 heterocycles. The van der Waals surface area contributed by atoms with Crippen molar-refractivity contribution in [2.45, 2.75) is 85.2 Å². The van der Waals surface area contributed by atoms with E-state index in [1.807, 2.05) is 12.1 Å². The molecule has 0 saturated carbocycles. The minimum Gasteiger partial charge on any atom is -0.487 e. The van der Waals surface area contributed by atoms with Crippen LogP contribution in [0, 0.1) is 11.8 Å². The number of benzene rings is 1. The van der Waals surface area contributed by atoms with E-state index in [1.165, 1.54) is 20.0 Å². The maximum absolute atomic E-state index is 12.1. The highest BCUT2D eigenvalue weighted by Gasteiger charge is 2.33. The van der Waals surface area contributed by atoms with Crippen molar-refractivity contribution in [2.75, 3.05) is 7.11 Å². The molecule has 3 nitrogen and oxygen atoms in total. The lowest BCUT2D eigenvalue weighted by Gasteiger charge is -2.37. The summed E-state index contributed by atoms with van der Waals surface area (Å²) in [6, 6.07) is 3.95. The summed E-state index contributed by atoms with van der Waals surface area (Å²) in [6.45, 7) is 11.3. The van der Waals surface area contributed by atoms with Crippen LogP contribution in [0.4, 0.5) is 0 Å². The molecule has 0 radical (unpaired) electrons. The number of aryl methyl sites for hydroxylation is 2. The minimum absolute atomic E-state index is 0.0960. The molecule has 0 aromatic heterocycles. The molecule has 0 amide bonds. The zero-order chi connectivity index (χ0) is 19.3. The van der Waals surface area contributed by atoms with E-state index in [0.29, 0.717) is 11.5 Å². The molecule has 0 aliphatic carbocycles. The second-order valence-corrected chi connectivity index (χ2v) is 8.89. The van der Waals surface area contributed by atoms with Gasteiger partial charge in [0.1, 0.15) is 11.4 Å². The van der Waals surface area contributed by atoms with E-state index in [0.717, 1.165) is 54.9 Å². The minimum atomic E-state index is -0.260. The number of ether oxygens (including phenoxy) is 2. The Morgan fingerprint density at radius 2 is 1.88 bits per heavy atom. The lowest BCUT2D eigenvalue weighted by molar-refractivity contribution is 0.0512. The molecule has 26 heavy (non-hydrogen) atoms. The van der Waals surface area contributed by atoms with Crippen molar-refractivity contribution in [1.29, 1.82) is 0 Å². The van der Waals surface area contributed by atoms with Crippen LogP contribution in [0.15, 0.2) is 12.1 Å². The van der Waals surface area contributed by atoms with Crippen molar-refractivity contribution in [1.82, 2.24) is 0 Å². The number of methoxy groups -OCH3 is 1. The summed E-state index contributed by atoms with van der Waals surface area (Å²) in [7, 11) is 1.44. The SMILES string of the molecule is COC(=O)c1cc(CCC(C)C)c2c(c1)CCC(C)(CCCC(C)C)O2. The van der Waals surface area contributed by atoms with Crippen molar-refractivity contribution >= 4 is 5.97 Å². The first-order chi connectivity index (χ1) is 12.2. The van der Waals surface area contributed by atoms with E-state index in [2.05, 4.69) is 34.6 Å². The van der Waals surface area contributed by atoms with Crippen LogP contribution in [0.2, 0.25) is 0 Å². The third-order valence-electron chi connectivity index (χ3n) is 5.41. The predicted molar refractivity (Wildman–Crippen MR) is 107 cm³/mol. The van der Waals surface area contributed by atoms with Gasteiger partial charge in [0.25, 0.3) is 0 Å². The Kier molecular flexibility index (Phi) is 7.14. The highest BCUT2D eigenvalue weighted by Crippen LogP contribution is 2.40. The summed E-state index contributed by atoms with van der Waals surface area (Å²) >= 11 is 0. The monoisotopic (exact) mass is 360 g/mol. The summed E-state index contributed by atoms with van der Waals surface area (Å²) in [5, 5.41) is 0. The van der Waals surface area contributed by atoms with E-state index >= 15 is 0 Å². The van der Waals surface area contributed by atoms with Crippen LogP contribution < -0.4 is 4.74 Å². The average Bonchev–Trinajstić information content (AvgIpc) is 2.58. The van der Waals surface area contributed by atoms with Gasteiger partial charge in [0.05, 0.1) is 12.7 Å². The number of carbonyl (C=O) groups excluding carboxylic acids is 1. The van der Waals surface area contributed by atoms with Crippen molar-refractivity contribution in [3.63, 3.8) is 0 Å². The molecule has 1 aliphatic rings. The molecule has 2 rings (SSSR count). The molecule has 0 bridgehead atoms. The molecule has 3 heteroatoms. The van der Waals surface area contributed by atoms with Crippen LogP contribution in [0.3, 0.4) is 0 Å². The quantitative estimate of drug-likeness (QED) is 0.536. The van der Waals surface area contributed by atoms with Crippen LogP contribution in [-0.4, -0.2) is 18.7 Å². The van der Waals surface area contributed by atoms with E-state index in [-0.39, 0.29) is 11.6 Å². The summed E-state index contributed by atoms with van der Waals surface area (Å²) in [5.41, 5.74) is 2.87. The Hall–Kier alpha value is -1.51. The molecule has 1 aliphatic heterocycles. The Bertz CT molecular complexity index is 618. The first-order valence-electron chi connectivity index (χ1n) is 10.2. The molecule has 146 valence electrons. The first kappa shape index (κ1) is 20.8. The molecule has 1 unspecified atom stereocenters. The maximum atomic E-state index is 12.1. The van der Waals surface area contributed by atoms with Gasteiger partial charge in [-0.3, -0.25) is 0 Å². The van der Waals surface area contributed by atoms with Crippen molar-refractivity contribution in [3.05, 3.63) is 28.8 Å². The Balaban J connectivity index is 2.26. The van der Waals surface area contributed by atoms with E-state index in [1.54, 1.807) is 0 Å². The summed E-state index contributed by atoms with van der Waals surface area (Å²) < 4.78 is 11.5. The molecule has 1 atom stereocenters. The molecule has 0 fully saturated rings. The van der Waals surface area contributed by atoms with Gasteiger partial charge in [-0.2, -0.15) is 0 Å². The largest absolute Gasteiger partial charge is 0.487 e. The van der Waals surface area contributed by atoms with Crippen LogP contribution in [0.1, 0.15) is 88.2 Å². The summed E-state index contributed by atoms with van der Waals surface area (Å²) in [4.78, 5) is 12.1. The first-order valence-corrected chi connectivity index (χ1v) is 10.2. The summed E-state index contributed by atoms with van der Waals surface area (Å²) in [6.07, 6.45) is 7.53. The van der Waals surface area contributed by atoms with Gasteiger partial charge in [0.2, 0.25) is 0 Å². The third-order valence-corrected chi connectivity index (χ3v) is 5.41. The van der Waals surface area contributed by atoms with Gasteiger partial charge in [-0.25, -0.2) is 4.79 Å². The molecule has 0 N–H and O–H groups in total. The van der Waals surface area contributed by atoms with Gasteiger partial charge in [-0.05, 0) is 80.5 Å². The Morgan fingerprint density at radius 1 is 1.19 bits per heavy atom. The van der Waals surface area contributed by atoms with Gasteiger partial charge >= 0.3 is 5.97 Å². The lowest BCUT2D eigenvalue weighted by atomic mass is 9.85. The third kappa shape index (κ3) is 5.49. The van der Waals surface area contributed by atoms with Gasteiger partial charge in [0, 0.05) is 0 Å². The predicted octanol–water partition coefficient (Wildman–Crippen LogP) is 5.97. The van der Waals surface area contributed by atoms with Crippen molar-refractivity contribution < 1.29 is 14.3 Å². The molecular formula is C23H36O3. The summed E-state index contributed by atoms with van der Waals surface area (Å²) in [5.74, 6) is 2.12. The fourth-order valence-corrected chi connectivity index (χ4v) is 3.69. The van der Waals surface area contributed by atoms with Crippen LogP contribution in [0.25, 0.3) is 0 Å². The molecular weight excluding hydrogens is 324 g/mol. The highest BCUT2D eigenvalue weighted by molar-refractivity contribution is 5.90. The highest BCUT2D eigenvalue weighted by atomic mass is 16.5. The van der Waals surface area contributed by atoms with Crippen molar-refractivity contribution in [3.8, 4) is 5.75 Å². The van der Waals surface area contributed by atoms with E-state index in [9.17, 15) is 4.79 Å². The Labute approximate surface area is 159 Å². The molecule has 1 aromatic carbocycles. The van der Waals surface area contributed by atoms with Crippen LogP contribution in [0.5, 0.6) is 5.75 Å². The second kappa shape index (κ2) is 8.92. The van der Waals surface area contributed by atoms with Crippen molar-refractivity contribution in [2.24, 2.45) is 11.8 Å². The number of esters is 1. The standard InChI is InChI=1S/C23H36O3/c1-16(2)8-7-12-23(5)13-11-19-15-20(22(24)25-6)14-18(21(19)26-23)10-9-17(3)4/h14-17H,7-13H2,1-6H3. The van der Waals surface area contributed by atoms with Crippen LogP contribution >= 0.6 is 0 Å². The number of carbonyl (C=O) groups is 1. The van der Waals surface area contributed by atoms with Gasteiger partial charge in [-0.15, -0.1) is 0 Å². The average molecular weight is 361 g/mol. The second-order valence-electron chi connectivity index (χ2n) is 8.89. The molecule has 0 spiro atoms. The topological polar surface area (TPSA) is 35.5 Å². The number of rotatable bonds is 8. The molecule has 1 aromatic rings. The maximum Gasteiger partial charge on any atom is 0.337 e. The smallest absolute Gasteiger partial charge is 0.337 e. The zero-order valence-electron chi connectivity index (χ0n) is 17.5. The lowest BCUT2D eigenvalue weighted by Crippen LogP contribution is -2.37. The fourth-order valence-electron chi connectivity index (χ4n) is 3.69. The fraction of sp³-hybridized carbons (Fsp3) is 0.696. The van der Waals surface area contributed by atoms with Crippen LogP contribution in [-0.2, 0) is 17.6 Å². The Morgan fingerprint density at radius 3 is 2.50 bits per heavy atom. The number of hydrogen-bond acceptors (Lipinski definition) is 3. The van der Waals surface area contributed by atoms with Gasteiger partial charge < -0.3 is 9.47 Å². The van der Waals surface area contributed by atoms with Gasteiger partial charge in [-0.1, -0.05) is 34.1 Å². The normalized spacial score (nSPS) is 19.4. The van der Waals surface area contributed by atoms with E-state index < -0.39 is 0 Å². The van der Waals surface area contributed by atoms with Gasteiger partial charge in [0.15, 0.2) is 0 Å². The number of hydrogen-bond donors (Lipinski definition) is 0. The zero-order valence-corrected chi connectivity index (χ0v) is 17.5.